The first-order valence-corrected chi connectivity index (χ1v) is 5.26. The number of methoxy groups -OCH3 is 1. The van der Waals surface area contributed by atoms with Crippen LogP contribution in [0.15, 0.2) is 36.4 Å². The average molecular weight is 250 g/mol. The van der Waals surface area contributed by atoms with Crippen molar-refractivity contribution in [1.29, 1.82) is 0 Å². The van der Waals surface area contributed by atoms with Gasteiger partial charge in [-0.05, 0) is 30.3 Å². The number of hydrogen-bond acceptors (Lipinski definition) is 3. The van der Waals surface area contributed by atoms with Crippen molar-refractivity contribution in [2.24, 2.45) is 0 Å². The fraction of sp³-hybridized carbons (Fsp3) is 0.0769. The van der Waals surface area contributed by atoms with Gasteiger partial charge in [0.15, 0.2) is 11.6 Å². The maximum Gasteiger partial charge on any atom is 0.165 e. The molecule has 0 saturated heterocycles. The lowest BCUT2D eigenvalue weighted by molar-refractivity contribution is 0.387. The van der Waals surface area contributed by atoms with Gasteiger partial charge in [-0.15, -0.1) is 0 Å². The molecule has 0 aliphatic heterocycles. The Labute approximate surface area is 103 Å². The smallest absolute Gasteiger partial charge is 0.165 e. The van der Waals surface area contributed by atoms with Crippen LogP contribution in [0.4, 0.5) is 25.8 Å². The Balaban J connectivity index is 2.28. The van der Waals surface area contributed by atoms with E-state index in [9.17, 15) is 8.78 Å². The lowest BCUT2D eigenvalue weighted by Gasteiger charge is -2.10. The molecule has 0 atom stereocenters. The number of hydrogen-bond donors (Lipinski definition) is 2. The summed E-state index contributed by atoms with van der Waals surface area (Å²) in [5, 5.41) is 2.82. The molecule has 18 heavy (non-hydrogen) atoms. The highest BCUT2D eigenvalue weighted by atomic mass is 19.1. The van der Waals surface area contributed by atoms with Crippen molar-refractivity contribution in [3.63, 3.8) is 0 Å². The van der Waals surface area contributed by atoms with E-state index in [1.165, 1.54) is 37.4 Å². The molecule has 3 N–H and O–H groups in total. The zero-order chi connectivity index (χ0) is 13.1. The molecule has 0 aromatic heterocycles. The van der Waals surface area contributed by atoms with E-state index in [0.717, 1.165) is 0 Å². The zero-order valence-corrected chi connectivity index (χ0v) is 9.71. The third kappa shape index (κ3) is 2.51. The first-order chi connectivity index (χ1) is 8.60. The second-order valence-electron chi connectivity index (χ2n) is 3.71. The molecule has 3 nitrogen and oxygen atoms in total. The van der Waals surface area contributed by atoms with E-state index in [1.54, 1.807) is 6.07 Å². The van der Waals surface area contributed by atoms with E-state index in [0.29, 0.717) is 11.4 Å². The third-order valence-electron chi connectivity index (χ3n) is 2.42. The van der Waals surface area contributed by atoms with E-state index >= 15 is 0 Å². The minimum atomic E-state index is -0.474. The monoisotopic (exact) mass is 250 g/mol. The van der Waals surface area contributed by atoms with Crippen molar-refractivity contribution < 1.29 is 13.5 Å². The third-order valence-corrected chi connectivity index (χ3v) is 2.42. The van der Waals surface area contributed by atoms with Gasteiger partial charge in [0, 0.05) is 17.4 Å². The molecule has 0 spiro atoms. The Hall–Kier alpha value is -2.30. The van der Waals surface area contributed by atoms with Gasteiger partial charge in [-0.2, -0.15) is 0 Å². The molecular formula is C13H12F2N2O. The molecule has 0 saturated carbocycles. The van der Waals surface area contributed by atoms with Gasteiger partial charge in [0.1, 0.15) is 5.82 Å². The molecule has 2 aromatic rings. The normalized spacial score (nSPS) is 10.2. The van der Waals surface area contributed by atoms with Crippen LogP contribution in [0.1, 0.15) is 0 Å². The fourth-order valence-corrected chi connectivity index (χ4v) is 1.53. The molecular weight excluding hydrogens is 238 g/mol. The van der Waals surface area contributed by atoms with Crippen LogP contribution in [0.25, 0.3) is 0 Å². The lowest BCUT2D eigenvalue weighted by Crippen LogP contribution is -1.97. The number of halogens is 2. The molecule has 0 aliphatic rings. The van der Waals surface area contributed by atoms with Gasteiger partial charge in [-0.3, -0.25) is 0 Å². The summed E-state index contributed by atoms with van der Waals surface area (Å²) in [5.74, 6) is -0.852. The van der Waals surface area contributed by atoms with Crippen LogP contribution < -0.4 is 15.8 Å². The largest absolute Gasteiger partial charge is 0.494 e. The van der Waals surface area contributed by atoms with Gasteiger partial charge in [-0.1, -0.05) is 0 Å². The molecule has 94 valence electrons. The summed E-state index contributed by atoms with van der Waals surface area (Å²) < 4.78 is 31.6. The average Bonchev–Trinajstić information content (AvgIpc) is 2.35. The maximum atomic E-state index is 13.5. The van der Waals surface area contributed by atoms with Crippen molar-refractivity contribution in [2.45, 2.75) is 0 Å². The first-order valence-electron chi connectivity index (χ1n) is 5.26. The quantitative estimate of drug-likeness (QED) is 0.822. The van der Waals surface area contributed by atoms with E-state index in [4.69, 9.17) is 10.5 Å². The fourth-order valence-electron chi connectivity index (χ4n) is 1.53. The molecule has 0 unspecified atom stereocenters. The summed E-state index contributed by atoms with van der Waals surface area (Å²) in [6, 6.07) is 8.49. The van der Waals surface area contributed by atoms with Crippen molar-refractivity contribution >= 4 is 17.1 Å². The number of benzene rings is 2. The van der Waals surface area contributed by atoms with Crippen LogP contribution in [0, 0.1) is 11.6 Å². The second-order valence-corrected chi connectivity index (χ2v) is 3.71. The molecule has 0 amide bonds. The van der Waals surface area contributed by atoms with E-state index < -0.39 is 11.6 Å². The zero-order valence-electron chi connectivity index (χ0n) is 9.71. The number of nitrogen functional groups attached to an aromatic ring is 1. The number of nitrogens with one attached hydrogen (secondary N) is 1. The van der Waals surface area contributed by atoms with Crippen LogP contribution in [0.3, 0.4) is 0 Å². The lowest BCUT2D eigenvalue weighted by atomic mass is 10.2. The maximum absolute atomic E-state index is 13.5. The van der Waals surface area contributed by atoms with Crippen LogP contribution in [-0.2, 0) is 0 Å². The van der Waals surface area contributed by atoms with Gasteiger partial charge in [0.2, 0.25) is 0 Å². The van der Waals surface area contributed by atoms with Crippen LogP contribution in [0.2, 0.25) is 0 Å². The van der Waals surface area contributed by atoms with E-state index in [2.05, 4.69) is 5.32 Å². The summed E-state index contributed by atoms with van der Waals surface area (Å²) in [5.41, 5.74) is 6.58. The standard InChI is InChI=1S/C13H12F2N2O/c1-18-13-7-9(3-4-10(13)14)17-12-5-2-8(16)6-11(12)15/h2-7,17H,16H2,1H3. The highest BCUT2D eigenvalue weighted by Gasteiger charge is 2.06. The van der Waals surface area contributed by atoms with Gasteiger partial charge >= 0.3 is 0 Å². The summed E-state index contributed by atoms with van der Waals surface area (Å²) in [4.78, 5) is 0. The number of ether oxygens (including phenoxy) is 1. The molecule has 2 aromatic carbocycles. The van der Waals surface area contributed by atoms with Crippen LogP contribution in [-0.4, -0.2) is 7.11 Å². The van der Waals surface area contributed by atoms with Crippen LogP contribution in [0.5, 0.6) is 5.75 Å². The Kier molecular flexibility index (Phi) is 3.32. The summed E-state index contributed by atoms with van der Waals surface area (Å²) >= 11 is 0. The predicted molar refractivity (Wildman–Crippen MR) is 67.0 cm³/mol. The molecule has 0 bridgehead atoms. The molecule has 0 radical (unpaired) electrons. The van der Waals surface area contributed by atoms with Gasteiger partial charge in [0.05, 0.1) is 12.8 Å². The minimum absolute atomic E-state index is 0.0934. The first kappa shape index (κ1) is 12.2. The highest BCUT2D eigenvalue weighted by Crippen LogP contribution is 2.26. The Bertz CT molecular complexity index is 573. The van der Waals surface area contributed by atoms with Crippen LogP contribution >= 0.6 is 0 Å². The highest BCUT2D eigenvalue weighted by molar-refractivity contribution is 5.63. The minimum Gasteiger partial charge on any atom is -0.494 e. The Morgan fingerprint density at radius 1 is 1.06 bits per heavy atom. The molecule has 0 aliphatic carbocycles. The topological polar surface area (TPSA) is 47.3 Å². The Morgan fingerprint density at radius 2 is 1.83 bits per heavy atom. The summed E-state index contributed by atoms with van der Waals surface area (Å²) in [7, 11) is 1.37. The molecule has 2 rings (SSSR count). The SMILES string of the molecule is COc1cc(Nc2ccc(N)cc2F)ccc1F. The van der Waals surface area contributed by atoms with Gasteiger partial charge in [0.25, 0.3) is 0 Å². The van der Waals surface area contributed by atoms with Gasteiger partial charge in [-0.25, -0.2) is 8.78 Å². The molecule has 0 fully saturated rings. The Morgan fingerprint density at radius 3 is 2.50 bits per heavy atom. The van der Waals surface area contributed by atoms with E-state index in [-0.39, 0.29) is 11.4 Å². The number of anilines is 3. The van der Waals surface area contributed by atoms with E-state index in [1.807, 2.05) is 0 Å². The van der Waals surface area contributed by atoms with Crippen molar-refractivity contribution in [1.82, 2.24) is 0 Å². The number of rotatable bonds is 3. The number of nitrogens with two attached hydrogens (primary N) is 1. The van der Waals surface area contributed by atoms with Crippen molar-refractivity contribution in [3.8, 4) is 5.75 Å². The van der Waals surface area contributed by atoms with Crippen molar-refractivity contribution in [2.75, 3.05) is 18.2 Å². The second kappa shape index (κ2) is 4.91. The molecule has 5 heteroatoms. The van der Waals surface area contributed by atoms with Crippen molar-refractivity contribution in [3.05, 3.63) is 48.0 Å². The summed E-state index contributed by atoms with van der Waals surface area (Å²) in [6.45, 7) is 0. The molecule has 0 heterocycles. The summed E-state index contributed by atoms with van der Waals surface area (Å²) in [6.07, 6.45) is 0. The van der Waals surface area contributed by atoms with Gasteiger partial charge < -0.3 is 15.8 Å². The predicted octanol–water partition coefficient (Wildman–Crippen LogP) is 3.30.